The van der Waals surface area contributed by atoms with Crippen LogP contribution in [-0.2, 0) is 39.2 Å². The number of alkyl halides is 4. The molecule has 1 saturated carbocycles. The molecule has 2 aliphatic heterocycles. The van der Waals surface area contributed by atoms with Gasteiger partial charge >= 0.3 is 6.18 Å². The maximum Gasteiger partial charge on any atom is 0.433 e. The van der Waals surface area contributed by atoms with Gasteiger partial charge < -0.3 is 20.7 Å². The van der Waals surface area contributed by atoms with E-state index in [9.17, 15) is 22.8 Å². The number of halogens is 5. The Kier molecular flexibility index (Phi) is 8.70. The summed E-state index contributed by atoms with van der Waals surface area (Å²) in [6, 6.07) is 4.73. The quantitative estimate of drug-likeness (QED) is 0.314. The van der Waals surface area contributed by atoms with Gasteiger partial charge in [0, 0.05) is 59.9 Å². The molecule has 2 fully saturated rings. The number of aliphatic imine (C=N–C) groups is 1. The van der Waals surface area contributed by atoms with E-state index in [1.165, 1.54) is 13.2 Å². The number of rotatable bonds is 8. The molecule has 3 aromatic rings. The van der Waals surface area contributed by atoms with Crippen molar-refractivity contribution in [3.05, 3.63) is 69.8 Å². The molecule has 260 valence electrons. The van der Waals surface area contributed by atoms with Gasteiger partial charge in [0.05, 0.1) is 18.7 Å². The number of anilines is 1. The monoisotopic (exact) mass is 685 g/mol. The van der Waals surface area contributed by atoms with Gasteiger partial charge in [-0.15, -0.1) is 0 Å². The van der Waals surface area contributed by atoms with Crippen molar-refractivity contribution in [3.63, 3.8) is 0 Å². The van der Waals surface area contributed by atoms with Gasteiger partial charge in [-0.3, -0.25) is 14.6 Å². The van der Waals surface area contributed by atoms with E-state index in [1.54, 1.807) is 13.8 Å². The highest BCUT2D eigenvalue weighted by Crippen LogP contribution is 2.47. The summed E-state index contributed by atoms with van der Waals surface area (Å²) in [5, 5.41) is 2.71. The molecule has 1 saturated heterocycles. The van der Waals surface area contributed by atoms with E-state index in [2.05, 4.69) is 20.3 Å². The van der Waals surface area contributed by atoms with Crippen LogP contribution in [0.1, 0.15) is 78.8 Å². The van der Waals surface area contributed by atoms with Crippen LogP contribution in [0.3, 0.4) is 0 Å². The molecule has 3 N–H and O–H groups in total. The topological polar surface area (TPSA) is 136 Å². The first kappa shape index (κ1) is 34.3. The zero-order valence-corrected chi connectivity index (χ0v) is 27.5. The zero-order chi connectivity index (χ0) is 35.5. The van der Waals surface area contributed by atoms with Crippen LogP contribution in [0.4, 0.5) is 27.6 Å². The highest BCUT2D eigenvalue weighted by Gasteiger charge is 2.51. The van der Waals surface area contributed by atoms with Crippen LogP contribution in [0.2, 0.25) is 0 Å². The van der Waals surface area contributed by atoms with Crippen LogP contribution in [-0.4, -0.2) is 57.8 Å². The molecular weight excluding hydrogens is 649 g/mol. The molecule has 3 aliphatic rings. The predicted molar refractivity (Wildman–Crippen MR) is 170 cm³/mol. The summed E-state index contributed by atoms with van der Waals surface area (Å²) < 4.78 is 77.5. The van der Waals surface area contributed by atoms with Crippen molar-refractivity contribution in [2.45, 2.75) is 89.3 Å². The molecule has 1 aromatic carbocycles. The molecular formula is C34H36F5N7O3. The summed E-state index contributed by atoms with van der Waals surface area (Å²) in [6.07, 6.45) is -3.97. The number of piperidine rings is 1. The number of carbonyl (C=O) groups excluding carboxylic acids is 2. The fraction of sp³-hybridized carbons (Fsp3) is 0.471. The van der Waals surface area contributed by atoms with Crippen molar-refractivity contribution in [2.24, 2.45) is 10.7 Å². The normalized spacial score (nSPS) is 21.8. The van der Waals surface area contributed by atoms with E-state index in [0.717, 1.165) is 12.1 Å². The molecule has 1 aliphatic carbocycles. The molecule has 2 amide bonds. The van der Waals surface area contributed by atoms with Crippen molar-refractivity contribution >= 4 is 23.3 Å². The number of nitrogens with two attached hydrogens (primary N) is 1. The lowest BCUT2D eigenvalue weighted by Crippen LogP contribution is -2.53. The number of primary amides is 1. The minimum absolute atomic E-state index is 0.00959. The van der Waals surface area contributed by atoms with Gasteiger partial charge in [0.2, 0.25) is 5.91 Å². The second kappa shape index (κ2) is 12.4. The third-order valence-corrected chi connectivity index (χ3v) is 9.63. The first-order valence-electron chi connectivity index (χ1n) is 16.0. The van der Waals surface area contributed by atoms with Gasteiger partial charge in [0.1, 0.15) is 28.7 Å². The minimum atomic E-state index is -4.77. The number of nitrogens with one attached hydrogen (secondary N) is 1. The fourth-order valence-electron chi connectivity index (χ4n) is 7.16. The van der Waals surface area contributed by atoms with Gasteiger partial charge in [-0.2, -0.15) is 13.2 Å². The summed E-state index contributed by atoms with van der Waals surface area (Å²) in [4.78, 5) is 44.2. The lowest BCUT2D eigenvalue weighted by Gasteiger charge is -2.43. The second-order valence-corrected chi connectivity index (χ2v) is 13.1. The number of hydrogen-bond donors (Lipinski definition) is 2. The van der Waals surface area contributed by atoms with Crippen molar-refractivity contribution in [1.29, 1.82) is 0 Å². The van der Waals surface area contributed by atoms with Crippen LogP contribution in [0, 0.1) is 19.7 Å². The molecule has 15 heteroatoms. The summed E-state index contributed by atoms with van der Waals surface area (Å²) in [6.45, 7) is 5.59. The zero-order valence-electron chi connectivity index (χ0n) is 27.5. The average Bonchev–Trinajstić information content (AvgIpc) is 3.30. The number of aryl methyl sites for hydroxylation is 2. The molecule has 49 heavy (non-hydrogen) atoms. The predicted octanol–water partition coefficient (Wildman–Crippen LogP) is 5.14. The van der Waals surface area contributed by atoms with E-state index in [4.69, 9.17) is 15.5 Å². The summed E-state index contributed by atoms with van der Waals surface area (Å²) >= 11 is 0. The van der Waals surface area contributed by atoms with Crippen molar-refractivity contribution < 1.29 is 36.3 Å². The molecule has 0 radical (unpaired) electrons. The van der Waals surface area contributed by atoms with Crippen molar-refractivity contribution in [1.82, 2.24) is 20.3 Å². The molecule has 4 heterocycles. The average molecular weight is 686 g/mol. The van der Waals surface area contributed by atoms with Gasteiger partial charge in [-0.25, -0.2) is 23.7 Å². The Hall–Kier alpha value is -4.53. The van der Waals surface area contributed by atoms with Gasteiger partial charge in [-0.05, 0) is 76.3 Å². The number of amidine groups is 1. The number of methoxy groups -OCH3 is 1. The number of hydrogen-bond acceptors (Lipinski definition) is 8. The Labute approximate surface area is 279 Å². The second-order valence-electron chi connectivity index (χ2n) is 13.1. The first-order chi connectivity index (χ1) is 23.0. The Morgan fingerprint density at radius 3 is 2.39 bits per heavy atom. The van der Waals surface area contributed by atoms with E-state index in [0.29, 0.717) is 40.2 Å². The number of pyridine rings is 1. The van der Waals surface area contributed by atoms with Crippen LogP contribution < -0.4 is 16.0 Å². The number of ether oxygens (including phenoxy) is 1. The molecule has 2 atom stereocenters. The van der Waals surface area contributed by atoms with Crippen LogP contribution in [0.15, 0.2) is 29.3 Å². The van der Waals surface area contributed by atoms with Gasteiger partial charge in [-0.1, -0.05) is 0 Å². The first-order valence-corrected chi connectivity index (χ1v) is 16.0. The van der Waals surface area contributed by atoms with Gasteiger partial charge in [0.15, 0.2) is 5.67 Å². The molecule has 1 spiro atoms. The minimum Gasteiger partial charge on any atom is -0.380 e. The Bertz CT molecular complexity index is 1850. The molecule has 2 aromatic heterocycles. The van der Waals surface area contributed by atoms with Crippen LogP contribution >= 0.6 is 0 Å². The number of benzene rings is 1. The standard InChI is InChI=1S/C34H36F5N7O3/c1-17-15-33(31(48)44-30(45-33)21-6-7-25(34(37,38)39)43-29(21)32(36)8-5-9-32)10-11-46(17)24-13-20(12-23(35)22(24)16-49-4)28-18(2)41-27(14-26(40)47)42-19(28)3/h6-7,12-13,17H,5,8-11,14-16H2,1-4H3,(H2,40,47)(H,44,45,48)/t17-,33+/m0/s1. The van der Waals surface area contributed by atoms with E-state index in [1.807, 2.05) is 17.9 Å². The van der Waals surface area contributed by atoms with Crippen LogP contribution in [0.25, 0.3) is 11.1 Å². The number of amides is 2. The maximum absolute atomic E-state index is 15.8. The third kappa shape index (κ3) is 6.24. The number of nitrogens with zero attached hydrogens (tertiary/aromatic N) is 5. The molecule has 0 bridgehead atoms. The SMILES string of the molecule is COCc1c(F)cc(-c2c(C)nc(CC(N)=O)nc2C)cc1N1CC[C@]2(C[C@@H]1C)N=C(c1ccc(C(F)(F)F)nc1C1(F)CCC1)NC2=O. The number of carbonyl (C=O) groups is 2. The van der Waals surface area contributed by atoms with Crippen molar-refractivity contribution in [2.75, 3.05) is 18.6 Å². The lowest BCUT2D eigenvalue weighted by atomic mass is 9.77. The Morgan fingerprint density at radius 1 is 1.12 bits per heavy atom. The summed E-state index contributed by atoms with van der Waals surface area (Å²) in [7, 11) is 1.46. The Balaban J connectivity index is 1.34. The third-order valence-electron chi connectivity index (χ3n) is 9.63. The Morgan fingerprint density at radius 2 is 1.82 bits per heavy atom. The number of aromatic nitrogens is 3. The largest absolute Gasteiger partial charge is 0.433 e. The highest BCUT2D eigenvalue weighted by atomic mass is 19.4. The van der Waals surface area contributed by atoms with Gasteiger partial charge in [0.25, 0.3) is 5.91 Å². The smallest absolute Gasteiger partial charge is 0.380 e. The highest BCUT2D eigenvalue weighted by molar-refractivity contribution is 6.16. The summed E-state index contributed by atoms with van der Waals surface area (Å²) in [5.41, 5.74) is 3.49. The molecule has 10 nitrogen and oxygen atoms in total. The van der Waals surface area contributed by atoms with E-state index < -0.39 is 40.7 Å². The lowest BCUT2D eigenvalue weighted by molar-refractivity contribution is -0.141. The van der Waals surface area contributed by atoms with Crippen LogP contribution in [0.5, 0.6) is 0 Å². The van der Waals surface area contributed by atoms with Crippen molar-refractivity contribution in [3.8, 4) is 11.1 Å². The van der Waals surface area contributed by atoms with E-state index in [-0.39, 0.29) is 74.2 Å². The molecule has 6 rings (SSSR count). The maximum atomic E-state index is 15.8. The van der Waals surface area contributed by atoms with E-state index >= 15 is 8.78 Å². The summed E-state index contributed by atoms with van der Waals surface area (Å²) in [5.74, 6) is -1.28. The molecule has 0 unspecified atom stereocenters. The fourth-order valence-corrected chi connectivity index (χ4v) is 7.16.